The van der Waals surface area contributed by atoms with E-state index in [1.54, 1.807) is 18.2 Å². The van der Waals surface area contributed by atoms with Gasteiger partial charge in [0.25, 0.3) is 0 Å². The number of fused-ring (bicyclic) bond motifs is 2. The first-order valence-electron chi connectivity index (χ1n) is 6.95. The Kier molecular flexibility index (Phi) is 3.39. The molecular weight excluding hydrogens is 335 g/mol. The summed E-state index contributed by atoms with van der Waals surface area (Å²) in [4.78, 5) is 7.55. The topological polar surface area (TPSA) is 37.9 Å². The molecule has 3 nitrogen and oxygen atoms in total. The van der Waals surface area contributed by atoms with E-state index in [1.165, 1.54) is 12.1 Å². The smallest absolute Gasteiger partial charge is 0.205 e. The zero-order valence-electron chi connectivity index (χ0n) is 11.8. The number of hydrogen-bond acceptors (Lipinski definition) is 3. The van der Waals surface area contributed by atoms with Crippen molar-refractivity contribution in [3.63, 3.8) is 0 Å². The maximum absolute atomic E-state index is 13.1. The number of nitrogens with one attached hydrogen (secondary N) is 1. The summed E-state index contributed by atoms with van der Waals surface area (Å²) in [5, 5.41) is 0.654. The molecule has 0 fully saturated rings. The minimum absolute atomic E-state index is 0.299. The fourth-order valence-corrected chi connectivity index (χ4v) is 3.00. The van der Waals surface area contributed by atoms with Crippen molar-refractivity contribution >= 4 is 23.8 Å². The molecule has 1 aromatic heterocycles. The van der Waals surface area contributed by atoms with Crippen LogP contribution in [0.3, 0.4) is 0 Å². The Morgan fingerprint density at radius 3 is 2.74 bits per heavy atom. The predicted molar refractivity (Wildman–Crippen MR) is 89.1 cm³/mol. The minimum Gasteiger partial charge on any atom is -0.440 e. The molecule has 0 aliphatic carbocycles. The van der Waals surface area contributed by atoms with Crippen LogP contribution >= 0.6 is 23.8 Å². The lowest BCUT2D eigenvalue weighted by molar-refractivity contribution is 0.439. The van der Waals surface area contributed by atoms with Gasteiger partial charge in [-0.2, -0.15) is 0 Å². The number of aromatic nitrogens is 2. The van der Waals surface area contributed by atoms with Crippen LogP contribution < -0.4 is 4.74 Å². The van der Waals surface area contributed by atoms with Gasteiger partial charge in [0.15, 0.2) is 0 Å². The predicted octanol–water partition coefficient (Wildman–Crippen LogP) is 5.30. The van der Waals surface area contributed by atoms with Gasteiger partial charge in [0.05, 0.1) is 5.56 Å². The van der Waals surface area contributed by atoms with E-state index in [9.17, 15) is 4.39 Å². The number of rotatable bonds is 1. The summed E-state index contributed by atoms with van der Waals surface area (Å²) in [6.07, 6.45) is 0.608. The molecule has 114 valence electrons. The lowest BCUT2D eigenvalue weighted by atomic mass is 10.0. The molecule has 4 rings (SSSR count). The number of benzene rings is 2. The Balaban J connectivity index is 1.81. The van der Waals surface area contributed by atoms with Gasteiger partial charge in [-0.15, -0.1) is 0 Å². The Morgan fingerprint density at radius 1 is 1.17 bits per heavy atom. The number of ether oxygens (including phenoxy) is 1. The van der Waals surface area contributed by atoms with Crippen LogP contribution in [0.2, 0.25) is 5.02 Å². The second kappa shape index (κ2) is 5.44. The highest BCUT2D eigenvalue weighted by molar-refractivity contribution is 7.71. The van der Waals surface area contributed by atoms with Crippen LogP contribution in [0.15, 0.2) is 42.5 Å². The molecule has 0 bridgehead atoms. The normalized spacial score (nSPS) is 12.3. The minimum atomic E-state index is -0.299. The molecule has 1 aliphatic rings. The van der Waals surface area contributed by atoms with Crippen LogP contribution in [0.5, 0.6) is 11.6 Å². The van der Waals surface area contributed by atoms with Crippen molar-refractivity contribution in [1.82, 2.24) is 9.97 Å². The monoisotopic (exact) mass is 344 g/mol. The first kappa shape index (κ1) is 14.4. The van der Waals surface area contributed by atoms with E-state index < -0.39 is 0 Å². The quantitative estimate of drug-likeness (QED) is 0.476. The van der Waals surface area contributed by atoms with E-state index in [0.717, 1.165) is 22.4 Å². The van der Waals surface area contributed by atoms with Crippen molar-refractivity contribution in [2.24, 2.45) is 0 Å². The molecule has 0 atom stereocenters. The molecule has 0 saturated heterocycles. The van der Waals surface area contributed by atoms with Gasteiger partial charge in [0, 0.05) is 22.6 Å². The van der Waals surface area contributed by atoms with E-state index in [2.05, 4.69) is 9.97 Å². The second-order valence-electron chi connectivity index (χ2n) is 5.24. The van der Waals surface area contributed by atoms with Crippen LogP contribution in [0.4, 0.5) is 4.39 Å². The lowest BCUT2D eigenvalue weighted by Crippen LogP contribution is -2.07. The molecule has 1 N–H and O–H groups in total. The van der Waals surface area contributed by atoms with Gasteiger partial charge in [-0.3, -0.25) is 0 Å². The van der Waals surface area contributed by atoms with Crippen molar-refractivity contribution < 1.29 is 9.13 Å². The Hall–Kier alpha value is -2.24. The molecule has 0 spiro atoms. The standard InChI is InChI=1S/C17H10ClFN2OS/c18-11-3-6-14-10(7-11)8-13-16(22-14)20-15(21-17(13)23)9-1-4-12(19)5-2-9/h1-7H,8H2,(H,20,21,23). The number of halogens is 2. The Morgan fingerprint density at radius 2 is 1.96 bits per heavy atom. The van der Waals surface area contributed by atoms with Gasteiger partial charge < -0.3 is 9.72 Å². The summed E-state index contributed by atoms with van der Waals surface area (Å²) in [6.45, 7) is 0. The number of aromatic amines is 1. The van der Waals surface area contributed by atoms with Gasteiger partial charge >= 0.3 is 0 Å². The van der Waals surface area contributed by atoms with Crippen molar-refractivity contribution in [2.45, 2.75) is 6.42 Å². The molecule has 2 heterocycles. The fourth-order valence-electron chi connectivity index (χ4n) is 2.55. The average molecular weight is 345 g/mol. The molecule has 0 unspecified atom stereocenters. The van der Waals surface area contributed by atoms with Gasteiger partial charge in [-0.05, 0) is 42.5 Å². The average Bonchev–Trinajstić information content (AvgIpc) is 2.54. The summed E-state index contributed by atoms with van der Waals surface area (Å²) in [7, 11) is 0. The van der Waals surface area contributed by atoms with E-state index in [4.69, 9.17) is 28.6 Å². The van der Waals surface area contributed by atoms with Gasteiger partial charge in [0.1, 0.15) is 22.0 Å². The highest BCUT2D eigenvalue weighted by Crippen LogP contribution is 2.37. The maximum atomic E-state index is 13.1. The highest BCUT2D eigenvalue weighted by Gasteiger charge is 2.20. The number of H-pyrrole nitrogens is 1. The SMILES string of the molecule is Fc1ccc(-c2nc(=S)c3c([nH]2)Oc2ccc(Cl)cc2C3)cc1. The zero-order chi connectivity index (χ0) is 16.0. The summed E-state index contributed by atoms with van der Waals surface area (Å²) in [6, 6.07) is 11.5. The van der Waals surface area contributed by atoms with E-state index in [0.29, 0.717) is 27.8 Å². The molecule has 3 aromatic rings. The molecule has 2 aromatic carbocycles. The largest absolute Gasteiger partial charge is 0.440 e. The molecular formula is C17H10ClFN2OS. The first-order valence-corrected chi connectivity index (χ1v) is 7.74. The maximum Gasteiger partial charge on any atom is 0.205 e. The van der Waals surface area contributed by atoms with Crippen molar-refractivity contribution in [3.05, 3.63) is 69.1 Å². The third-order valence-corrected chi connectivity index (χ3v) is 4.27. The van der Waals surface area contributed by atoms with Crippen LogP contribution in [0.25, 0.3) is 11.4 Å². The summed E-state index contributed by atoms with van der Waals surface area (Å²) < 4.78 is 19.4. The Labute approximate surface area is 141 Å². The van der Waals surface area contributed by atoms with Crippen molar-refractivity contribution in [3.8, 4) is 23.0 Å². The molecule has 1 aliphatic heterocycles. The third-order valence-electron chi connectivity index (χ3n) is 3.70. The summed E-state index contributed by atoms with van der Waals surface area (Å²) >= 11 is 11.4. The summed E-state index contributed by atoms with van der Waals surface area (Å²) in [5.74, 6) is 1.56. The number of hydrogen-bond donors (Lipinski definition) is 1. The van der Waals surface area contributed by atoms with Gasteiger partial charge in [-0.25, -0.2) is 9.37 Å². The van der Waals surface area contributed by atoms with Gasteiger partial charge in [-0.1, -0.05) is 23.8 Å². The number of nitrogens with zero attached hydrogens (tertiary/aromatic N) is 1. The zero-order valence-corrected chi connectivity index (χ0v) is 13.3. The molecule has 0 amide bonds. The van der Waals surface area contributed by atoms with E-state index >= 15 is 0 Å². The second-order valence-corrected chi connectivity index (χ2v) is 6.06. The molecule has 6 heteroatoms. The van der Waals surface area contributed by atoms with Crippen LogP contribution in [-0.4, -0.2) is 9.97 Å². The highest BCUT2D eigenvalue weighted by atomic mass is 35.5. The van der Waals surface area contributed by atoms with Crippen molar-refractivity contribution in [1.29, 1.82) is 0 Å². The molecule has 23 heavy (non-hydrogen) atoms. The van der Waals surface area contributed by atoms with Gasteiger partial charge in [0.2, 0.25) is 5.88 Å². The molecule has 0 radical (unpaired) electrons. The lowest BCUT2D eigenvalue weighted by Gasteiger charge is -2.20. The van der Waals surface area contributed by atoms with Crippen LogP contribution in [-0.2, 0) is 6.42 Å². The Bertz CT molecular complexity index is 969. The van der Waals surface area contributed by atoms with Crippen LogP contribution in [0.1, 0.15) is 11.1 Å². The fraction of sp³-hybridized carbons (Fsp3) is 0.0588. The molecule has 0 saturated carbocycles. The van der Waals surface area contributed by atoms with Crippen LogP contribution in [0, 0.1) is 10.5 Å². The van der Waals surface area contributed by atoms with Crippen molar-refractivity contribution in [2.75, 3.05) is 0 Å². The van der Waals surface area contributed by atoms with E-state index in [1.807, 2.05) is 12.1 Å². The third kappa shape index (κ3) is 2.62. The first-order chi connectivity index (χ1) is 11.1. The summed E-state index contributed by atoms with van der Waals surface area (Å²) in [5.41, 5.74) is 2.53. The van der Waals surface area contributed by atoms with E-state index in [-0.39, 0.29) is 5.82 Å².